The number of nitrogens with one attached hydrogen (secondary N) is 1. The highest BCUT2D eigenvalue weighted by molar-refractivity contribution is 7.91. The first-order chi connectivity index (χ1) is 11.1. The zero-order chi connectivity index (χ0) is 18.1. The molecule has 9 heteroatoms. The fourth-order valence-corrected chi connectivity index (χ4v) is 3.40. The molecule has 1 heterocycles. The van der Waals surface area contributed by atoms with E-state index in [1.807, 2.05) is 20.9 Å². The van der Waals surface area contributed by atoms with Crippen molar-refractivity contribution in [2.75, 3.05) is 25.5 Å². The van der Waals surface area contributed by atoms with Crippen molar-refractivity contribution in [3.8, 4) is 0 Å². The first-order valence-corrected chi connectivity index (χ1v) is 9.09. The third-order valence-corrected chi connectivity index (χ3v) is 5.87. The molecule has 1 aromatic carbocycles. The van der Waals surface area contributed by atoms with Crippen molar-refractivity contribution < 1.29 is 22.0 Å². The molecular formula is C15H21F2N3O3S. The number of rotatable bonds is 3. The summed E-state index contributed by atoms with van der Waals surface area (Å²) in [6.45, 7) is 5.19. The standard InChI is InChI=1S/C15H21F2N3O3S/c1-10-11(2)20(8-7-19(10)3)15(21)18-12-5-4-6-13(9-12)24(22,23)14(16)17/h4-6,9-11,14H,7-8H2,1-3H3,(H,18,21). The minimum Gasteiger partial charge on any atom is -0.319 e. The topological polar surface area (TPSA) is 69.7 Å². The Hall–Kier alpha value is -1.74. The first kappa shape index (κ1) is 18.6. The molecule has 2 atom stereocenters. The van der Waals surface area contributed by atoms with Crippen LogP contribution in [0.1, 0.15) is 13.8 Å². The highest BCUT2D eigenvalue weighted by Crippen LogP contribution is 2.22. The van der Waals surface area contributed by atoms with Gasteiger partial charge < -0.3 is 10.2 Å². The van der Waals surface area contributed by atoms with Crippen molar-refractivity contribution in [3.05, 3.63) is 24.3 Å². The van der Waals surface area contributed by atoms with Crippen LogP contribution in [0.4, 0.5) is 19.3 Å². The normalized spacial score (nSPS) is 22.7. The smallest absolute Gasteiger partial charge is 0.319 e. The van der Waals surface area contributed by atoms with E-state index >= 15 is 0 Å². The molecule has 1 fully saturated rings. The first-order valence-electron chi connectivity index (χ1n) is 7.54. The number of amides is 2. The molecule has 2 rings (SSSR count). The number of likely N-dealkylation sites (N-methyl/N-ethyl adjacent to an activating group) is 1. The molecule has 0 aromatic heterocycles. The Morgan fingerprint density at radius 3 is 2.54 bits per heavy atom. The van der Waals surface area contributed by atoms with Crippen LogP contribution >= 0.6 is 0 Å². The van der Waals surface area contributed by atoms with Gasteiger partial charge in [-0.2, -0.15) is 8.78 Å². The number of sulfone groups is 1. The number of urea groups is 1. The minimum atomic E-state index is -4.69. The summed E-state index contributed by atoms with van der Waals surface area (Å²) in [5.74, 6) is -3.50. The lowest BCUT2D eigenvalue weighted by Crippen LogP contribution is -2.58. The molecule has 0 saturated carbocycles. The van der Waals surface area contributed by atoms with Gasteiger partial charge in [0.1, 0.15) is 0 Å². The molecule has 1 saturated heterocycles. The van der Waals surface area contributed by atoms with Crippen LogP contribution in [0, 0.1) is 0 Å². The van der Waals surface area contributed by atoms with E-state index in [0.29, 0.717) is 6.54 Å². The van der Waals surface area contributed by atoms with Crippen LogP contribution in [0.25, 0.3) is 0 Å². The number of halogens is 2. The number of carbonyl (C=O) groups is 1. The lowest BCUT2D eigenvalue weighted by Gasteiger charge is -2.43. The van der Waals surface area contributed by atoms with Crippen molar-refractivity contribution in [1.82, 2.24) is 9.80 Å². The van der Waals surface area contributed by atoms with Gasteiger partial charge in [-0.15, -0.1) is 0 Å². The zero-order valence-corrected chi connectivity index (χ0v) is 14.6. The lowest BCUT2D eigenvalue weighted by molar-refractivity contribution is 0.0796. The molecule has 134 valence electrons. The van der Waals surface area contributed by atoms with Crippen LogP contribution in [0.5, 0.6) is 0 Å². The Morgan fingerprint density at radius 2 is 1.92 bits per heavy atom. The van der Waals surface area contributed by atoms with Crippen molar-refractivity contribution >= 4 is 21.6 Å². The lowest BCUT2D eigenvalue weighted by atomic mass is 10.1. The molecule has 1 aromatic rings. The zero-order valence-electron chi connectivity index (χ0n) is 13.7. The maximum Gasteiger partial charge on any atom is 0.341 e. The van der Waals surface area contributed by atoms with E-state index in [2.05, 4.69) is 10.2 Å². The SMILES string of the molecule is CC1C(C)N(C(=O)Nc2cccc(S(=O)(=O)C(F)F)c2)CCN1C. The number of anilines is 1. The summed E-state index contributed by atoms with van der Waals surface area (Å²) >= 11 is 0. The summed E-state index contributed by atoms with van der Waals surface area (Å²) < 4.78 is 48.3. The van der Waals surface area contributed by atoms with Crippen LogP contribution in [0.2, 0.25) is 0 Å². The Kier molecular flexibility index (Phi) is 5.44. The van der Waals surface area contributed by atoms with E-state index < -0.39 is 20.5 Å². The van der Waals surface area contributed by atoms with Crippen molar-refractivity contribution in [2.24, 2.45) is 0 Å². The molecular weight excluding hydrogens is 340 g/mol. The number of hydrogen-bond acceptors (Lipinski definition) is 4. The van der Waals surface area contributed by atoms with E-state index in [1.54, 1.807) is 4.90 Å². The summed E-state index contributed by atoms with van der Waals surface area (Å²) in [5, 5.41) is 2.59. The molecule has 0 radical (unpaired) electrons. The maximum atomic E-state index is 12.6. The Bertz CT molecular complexity index is 712. The predicted molar refractivity (Wildman–Crippen MR) is 86.9 cm³/mol. The highest BCUT2D eigenvalue weighted by atomic mass is 32.2. The number of nitrogens with zero attached hydrogens (tertiary/aromatic N) is 2. The predicted octanol–water partition coefficient (Wildman–Crippen LogP) is 2.24. The second-order valence-electron chi connectivity index (χ2n) is 5.92. The van der Waals surface area contributed by atoms with Gasteiger partial charge in [-0.05, 0) is 39.1 Å². The molecule has 0 aliphatic carbocycles. The summed E-state index contributed by atoms with van der Waals surface area (Å²) in [6.07, 6.45) is 0. The number of hydrogen-bond donors (Lipinski definition) is 1. The molecule has 24 heavy (non-hydrogen) atoms. The van der Waals surface area contributed by atoms with Gasteiger partial charge in [-0.1, -0.05) is 6.07 Å². The average Bonchev–Trinajstić information content (AvgIpc) is 2.52. The number of piperazine rings is 1. The summed E-state index contributed by atoms with van der Waals surface area (Å²) in [4.78, 5) is 15.7. The Balaban J connectivity index is 2.16. The second kappa shape index (κ2) is 7.02. The van der Waals surface area contributed by atoms with E-state index in [0.717, 1.165) is 18.7 Å². The third-order valence-electron chi connectivity index (χ3n) is 4.49. The molecule has 6 nitrogen and oxygen atoms in total. The average molecular weight is 361 g/mol. The molecule has 0 spiro atoms. The minimum absolute atomic E-state index is 0.0308. The quantitative estimate of drug-likeness (QED) is 0.896. The van der Waals surface area contributed by atoms with Crippen molar-refractivity contribution in [3.63, 3.8) is 0 Å². The van der Waals surface area contributed by atoms with Crippen LogP contribution in [0.15, 0.2) is 29.2 Å². The molecule has 2 amide bonds. The maximum absolute atomic E-state index is 12.6. The van der Waals surface area contributed by atoms with Gasteiger partial charge >= 0.3 is 11.8 Å². The van der Waals surface area contributed by atoms with Gasteiger partial charge in [0, 0.05) is 30.9 Å². The molecule has 1 aliphatic heterocycles. The van der Waals surface area contributed by atoms with E-state index in [4.69, 9.17) is 0 Å². The van der Waals surface area contributed by atoms with Crippen molar-refractivity contribution in [1.29, 1.82) is 0 Å². The van der Waals surface area contributed by atoms with Crippen LogP contribution in [-0.4, -0.2) is 62.2 Å². The van der Waals surface area contributed by atoms with Crippen LogP contribution in [0.3, 0.4) is 0 Å². The highest BCUT2D eigenvalue weighted by Gasteiger charge is 2.32. The van der Waals surface area contributed by atoms with Gasteiger partial charge in [-0.25, -0.2) is 13.2 Å². The van der Waals surface area contributed by atoms with Gasteiger partial charge in [0.2, 0.25) is 9.84 Å². The summed E-state index contributed by atoms with van der Waals surface area (Å²) in [6, 6.07) is 4.68. The number of alkyl halides is 2. The second-order valence-corrected chi connectivity index (χ2v) is 7.84. The van der Waals surface area contributed by atoms with E-state index in [1.165, 1.54) is 12.1 Å². The monoisotopic (exact) mass is 361 g/mol. The molecule has 2 unspecified atom stereocenters. The fourth-order valence-electron chi connectivity index (χ4n) is 2.64. The largest absolute Gasteiger partial charge is 0.341 e. The van der Waals surface area contributed by atoms with Gasteiger partial charge in [-0.3, -0.25) is 4.90 Å². The van der Waals surface area contributed by atoms with Gasteiger partial charge in [0.05, 0.1) is 4.90 Å². The third kappa shape index (κ3) is 3.67. The summed E-state index contributed by atoms with van der Waals surface area (Å²) in [7, 11) is -2.71. The van der Waals surface area contributed by atoms with E-state index in [-0.39, 0.29) is 23.8 Å². The number of carbonyl (C=O) groups excluding carboxylic acids is 1. The van der Waals surface area contributed by atoms with Gasteiger partial charge in [0.15, 0.2) is 0 Å². The van der Waals surface area contributed by atoms with E-state index in [9.17, 15) is 22.0 Å². The van der Waals surface area contributed by atoms with Gasteiger partial charge in [0.25, 0.3) is 0 Å². The Morgan fingerprint density at radius 1 is 1.25 bits per heavy atom. The summed E-state index contributed by atoms with van der Waals surface area (Å²) in [5.41, 5.74) is 0.167. The Labute approximate surface area is 140 Å². The molecule has 1 N–H and O–H groups in total. The molecule has 0 bridgehead atoms. The fraction of sp³-hybridized carbons (Fsp3) is 0.533. The molecule has 1 aliphatic rings. The van der Waals surface area contributed by atoms with Crippen LogP contribution < -0.4 is 5.32 Å². The van der Waals surface area contributed by atoms with Crippen LogP contribution in [-0.2, 0) is 9.84 Å². The van der Waals surface area contributed by atoms with Crippen molar-refractivity contribution in [2.45, 2.75) is 36.6 Å². The number of benzene rings is 1.